The number of rotatable bonds is 4. The number of fused-ring (bicyclic) bond motifs is 1. The van der Waals surface area contributed by atoms with E-state index in [4.69, 9.17) is 17.0 Å². The molecular weight excluding hydrogens is 374 g/mol. The second kappa shape index (κ2) is 7.96. The molecule has 0 bridgehead atoms. The number of aromatic hydroxyl groups is 1. The van der Waals surface area contributed by atoms with Gasteiger partial charge in [0.1, 0.15) is 10.6 Å². The maximum absolute atomic E-state index is 12.5. The first-order chi connectivity index (χ1) is 12.5. The molecule has 0 aromatic carbocycles. The van der Waals surface area contributed by atoms with Crippen LogP contribution < -0.4 is 5.56 Å². The highest BCUT2D eigenvalue weighted by atomic mass is 32.1. The molecule has 0 aliphatic heterocycles. The highest BCUT2D eigenvalue weighted by Crippen LogP contribution is 2.39. The lowest BCUT2D eigenvalue weighted by atomic mass is 10.1. The molecular formula is C17H19N3O4S2. The van der Waals surface area contributed by atoms with Crippen molar-refractivity contribution in [2.75, 3.05) is 6.61 Å². The predicted octanol–water partition coefficient (Wildman–Crippen LogP) is 3.40. The molecule has 3 N–H and O–H groups in total. The van der Waals surface area contributed by atoms with Crippen LogP contribution in [0, 0.1) is 4.77 Å². The minimum Gasteiger partial charge on any atom is -0.494 e. The van der Waals surface area contributed by atoms with Crippen LogP contribution in [0.4, 0.5) is 5.00 Å². The topological polar surface area (TPSA) is 108 Å². The summed E-state index contributed by atoms with van der Waals surface area (Å²) in [4.78, 5) is 34.8. The van der Waals surface area contributed by atoms with Gasteiger partial charge in [0.15, 0.2) is 4.77 Å². The zero-order valence-corrected chi connectivity index (χ0v) is 15.9. The van der Waals surface area contributed by atoms with Gasteiger partial charge in [-0.25, -0.2) is 9.79 Å². The number of aromatic nitrogens is 2. The average molecular weight is 393 g/mol. The lowest BCUT2D eigenvalue weighted by molar-refractivity contribution is 0.0526. The second-order valence-electron chi connectivity index (χ2n) is 5.89. The van der Waals surface area contributed by atoms with Crippen LogP contribution in [0.5, 0.6) is 5.88 Å². The Balaban J connectivity index is 2.06. The summed E-state index contributed by atoms with van der Waals surface area (Å²) in [5.41, 5.74) is 0.885. The van der Waals surface area contributed by atoms with Crippen molar-refractivity contribution < 1.29 is 14.6 Å². The first-order valence-electron chi connectivity index (χ1n) is 8.42. The summed E-state index contributed by atoms with van der Waals surface area (Å²) in [5.74, 6) is -0.761. The van der Waals surface area contributed by atoms with Gasteiger partial charge in [-0.3, -0.25) is 9.78 Å². The number of nitrogens with zero attached hydrogens (tertiary/aromatic N) is 1. The molecule has 0 atom stereocenters. The molecule has 0 fully saturated rings. The van der Waals surface area contributed by atoms with Crippen LogP contribution in [0.1, 0.15) is 52.5 Å². The second-order valence-corrected chi connectivity index (χ2v) is 7.39. The van der Waals surface area contributed by atoms with E-state index < -0.39 is 11.5 Å². The minimum absolute atomic E-state index is 0.0275. The number of ether oxygens (including phenoxy) is 1. The summed E-state index contributed by atoms with van der Waals surface area (Å²) in [5, 5.41) is 10.4. The van der Waals surface area contributed by atoms with E-state index in [1.807, 2.05) is 0 Å². The Kier molecular flexibility index (Phi) is 5.67. The number of hydrogen-bond acceptors (Lipinski definition) is 7. The summed E-state index contributed by atoms with van der Waals surface area (Å²) in [6.45, 7) is 2.04. The molecule has 138 valence electrons. The van der Waals surface area contributed by atoms with Crippen LogP contribution in [0.15, 0.2) is 9.79 Å². The number of aromatic amines is 2. The number of esters is 1. The molecule has 3 rings (SSSR count). The van der Waals surface area contributed by atoms with Crippen LogP contribution in [0.3, 0.4) is 0 Å². The molecule has 2 heterocycles. The highest BCUT2D eigenvalue weighted by Gasteiger charge is 2.25. The Morgan fingerprint density at radius 1 is 1.35 bits per heavy atom. The van der Waals surface area contributed by atoms with Crippen LogP contribution in [0.2, 0.25) is 0 Å². The number of nitrogens with one attached hydrogen (secondary N) is 2. The van der Waals surface area contributed by atoms with Gasteiger partial charge in [-0.05, 0) is 50.4 Å². The predicted molar refractivity (Wildman–Crippen MR) is 103 cm³/mol. The average Bonchev–Trinajstić information content (AvgIpc) is 2.75. The van der Waals surface area contributed by atoms with Gasteiger partial charge in [0.25, 0.3) is 5.56 Å². The van der Waals surface area contributed by atoms with E-state index in [0.717, 1.165) is 42.5 Å². The summed E-state index contributed by atoms with van der Waals surface area (Å²) < 4.78 is 5.23. The molecule has 1 aliphatic carbocycles. The number of aryl methyl sites for hydroxylation is 1. The molecule has 0 amide bonds. The summed E-state index contributed by atoms with van der Waals surface area (Å²) in [6, 6.07) is 0. The van der Waals surface area contributed by atoms with Crippen LogP contribution in [-0.4, -0.2) is 33.9 Å². The molecule has 2 aromatic rings. The summed E-state index contributed by atoms with van der Waals surface area (Å²) in [7, 11) is 0. The molecule has 2 aromatic heterocycles. The van der Waals surface area contributed by atoms with Crippen molar-refractivity contribution in [3.8, 4) is 5.88 Å². The maximum Gasteiger partial charge on any atom is 0.341 e. The van der Waals surface area contributed by atoms with E-state index in [1.54, 1.807) is 6.92 Å². The molecule has 0 unspecified atom stereocenters. The van der Waals surface area contributed by atoms with E-state index >= 15 is 0 Å². The monoisotopic (exact) mass is 393 g/mol. The van der Waals surface area contributed by atoms with Crippen LogP contribution in [-0.2, 0) is 17.6 Å². The van der Waals surface area contributed by atoms with E-state index in [9.17, 15) is 14.7 Å². The standard InChI is InChI=1S/C17H19N3O4S2/c1-2-24-16(23)12-9-6-4-3-5-7-11(9)26-15(12)18-8-10-13(21)19-17(25)20-14(10)22/h8H,2-7H2,1H3,(H3,19,20,21,22,25)/b18-8+. The molecule has 1 aliphatic rings. The van der Waals surface area contributed by atoms with E-state index in [-0.39, 0.29) is 22.8 Å². The van der Waals surface area contributed by atoms with Crippen LogP contribution >= 0.6 is 23.6 Å². The SMILES string of the molecule is CCOC(=O)c1c(/N=C/c2c(O)[nH]c(=S)[nH]c2=O)sc2c1CCCCC2. The van der Waals surface area contributed by atoms with Gasteiger partial charge in [0, 0.05) is 11.1 Å². The first kappa shape index (κ1) is 18.5. The maximum atomic E-state index is 12.5. The zero-order valence-electron chi connectivity index (χ0n) is 14.3. The number of H-pyrrole nitrogens is 2. The quantitative estimate of drug-likeness (QED) is 0.319. The summed E-state index contributed by atoms with van der Waals surface area (Å²) in [6.07, 6.45) is 6.21. The smallest absolute Gasteiger partial charge is 0.341 e. The normalized spacial score (nSPS) is 14.2. The molecule has 0 saturated carbocycles. The van der Waals surface area contributed by atoms with Gasteiger partial charge in [-0.2, -0.15) is 0 Å². The number of aliphatic imine (C=N–C) groups is 1. The first-order valence-corrected chi connectivity index (χ1v) is 9.65. The molecule has 9 heteroatoms. The molecule has 26 heavy (non-hydrogen) atoms. The fraction of sp³-hybridized carbons (Fsp3) is 0.412. The Morgan fingerprint density at radius 2 is 2.12 bits per heavy atom. The third-order valence-corrected chi connectivity index (χ3v) is 5.56. The Labute approximate surface area is 158 Å². The highest BCUT2D eigenvalue weighted by molar-refractivity contribution is 7.71. The van der Waals surface area contributed by atoms with Crippen molar-refractivity contribution in [2.24, 2.45) is 4.99 Å². The fourth-order valence-corrected chi connectivity index (χ4v) is 4.37. The zero-order chi connectivity index (χ0) is 18.7. The third-order valence-electron chi connectivity index (χ3n) is 4.15. The Hall–Kier alpha value is -2.26. The van der Waals surface area contributed by atoms with E-state index in [0.29, 0.717) is 10.6 Å². The molecule has 7 nitrogen and oxygen atoms in total. The Morgan fingerprint density at radius 3 is 2.85 bits per heavy atom. The van der Waals surface area contributed by atoms with Crippen molar-refractivity contribution in [1.29, 1.82) is 0 Å². The Bertz CT molecular complexity index is 971. The van der Waals surface area contributed by atoms with E-state index in [1.165, 1.54) is 17.6 Å². The number of carbonyl (C=O) groups is 1. The largest absolute Gasteiger partial charge is 0.494 e. The van der Waals surface area contributed by atoms with Gasteiger partial charge in [-0.1, -0.05) is 6.42 Å². The third kappa shape index (κ3) is 3.78. The van der Waals surface area contributed by atoms with Gasteiger partial charge < -0.3 is 14.8 Å². The lowest BCUT2D eigenvalue weighted by Crippen LogP contribution is -2.13. The van der Waals surface area contributed by atoms with Crippen molar-refractivity contribution >= 4 is 40.7 Å². The number of hydrogen-bond donors (Lipinski definition) is 3. The van der Waals surface area contributed by atoms with Gasteiger partial charge in [0.2, 0.25) is 5.88 Å². The van der Waals surface area contributed by atoms with E-state index in [2.05, 4.69) is 15.0 Å². The van der Waals surface area contributed by atoms with Gasteiger partial charge in [0.05, 0.1) is 12.2 Å². The molecule has 0 saturated heterocycles. The van der Waals surface area contributed by atoms with Gasteiger partial charge >= 0.3 is 5.97 Å². The van der Waals surface area contributed by atoms with Crippen molar-refractivity contribution in [1.82, 2.24) is 9.97 Å². The lowest BCUT2D eigenvalue weighted by Gasteiger charge is -2.05. The number of carbonyl (C=O) groups excluding carboxylic acids is 1. The minimum atomic E-state index is -0.550. The molecule has 0 radical (unpaired) electrons. The van der Waals surface area contributed by atoms with Crippen LogP contribution in [0.25, 0.3) is 0 Å². The van der Waals surface area contributed by atoms with Gasteiger partial charge in [-0.15, -0.1) is 11.3 Å². The van der Waals surface area contributed by atoms with Crippen molar-refractivity contribution in [3.05, 3.63) is 36.7 Å². The fourth-order valence-electron chi connectivity index (χ4n) is 2.96. The van der Waals surface area contributed by atoms with Crippen molar-refractivity contribution in [3.63, 3.8) is 0 Å². The molecule has 0 spiro atoms. The van der Waals surface area contributed by atoms with Crippen molar-refractivity contribution in [2.45, 2.75) is 39.0 Å². The summed E-state index contributed by atoms with van der Waals surface area (Å²) >= 11 is 6.25. The number of thiophene rings is 1.